The first-order chi connectivity index (χ1) is 58.0. The van der Waals surface area contributed by atoms with Gasteiger partial charge in [-0.15, -0.1) is 0 Å². The van der Waals surface area contributed by atoms with Gasteiger partial charge in [0.1, 0.15) is 45.6 Å². The second-order valence-electron chi connectivity index (χ2n) is 33.8. The highest BCUT2D eigenvalue weighted by Crippen LogP contribution is 2.49. The maximum absolute atomic E-state index is 12.7. The molecule has 618 valence electrons. The summed E-state index contributed by atoms with van der Waals surface area (Å²) in [7, 11) is 0. The Labute approximate surface area is 705 Å². The van der Waals surface area contributed by atoms with E-state index in [0.717, 1.165) is 160 Å². The van der Waals surface area contributed by atoms with Crippen LogP contribution in [-0.4, -0.2) is 80.8 Å². The van der Waals surface area contributed by atoms with E-state index < -0.39 is 34.0 Å². The molecule has 1 unspecified atom stereocenters. The Morgan fingerprint density at radius 1 is 0.438 bits per heavy atom. The number of carbonyl (C=O) groups excluding carboxylic acids is 4. The highest BCUT2D eigenvalue weighted by atomic mass is 16.6. The van der Waals surface area contributed by atoms with E-state index in [0.29, 0.717) is 40.8 Å². The molecule has 0 bridgehead atoms. The predicted molar refractivity (Wildman–Crippen MR) is 478 cm³/mol. The maximum Gasteiger partial charge on any atom is 0.408 e. The Hall–Kier alpha value is -14.0. The first-order valence-corrected chi connectivity index (χ1v) is 40.8. The summed E-state index contributed by atoms with van der Waals surface area (Å²) in [5.41, 5.74) is 38.4. The summed E-state index contributed by atoms with van der Waals surface area (Å²) in [5, 5.41) is 12.7. The van der Waals surface area contributed by atoms with Gasteiger partial charge in [0.25, 0.3) is 0 Å². The van der Waals surface area contributed by atoms with Crippen molar-refractivity contribution in [1.82, 2.24) is 55.4 Å². The number of fused-ring (bicyclic) bond motifs is 2. The molecule has 17 rings (SSSR count). The van der Waals surface area contributed by atoms with E-state index in [1.807, 2.05) is 231 Å². The number of nitrogens with zero attached hydrogens (tertiary/aromatic N) is 9. The number of hydrogen-bond donors (Lipinski definition) is 8. The predicted octanol–water partition coefficient (Wildman–Crippen LogP) is 20.2. The summed E-state index contributed by atoms with van der Waals surface area (Å²) >= 11 is 0. The number of imidazole rings is 1. The number of hydrogen-bond acceptors (Lipinski definition) is 20. The molecule has 24 nitrogen and oxygen atoms in total. The Bertz CT molecular complexity index is 5820. The van der Waals surface area contributed by atoms with Crippen LogP contribution >= 0.6 is 0 Å². The quantitative estimate of drug-likeness (QED) is 0.0329. The summed E-state index contributed by atoms with van der Waals surface area (Å²) in [6.45, 7) is 16.9. The molecular weight excluding hydrogens is 1520 g/mol. The Kier molecular flexibility index (Phi) is 24.3. The fraction of sp³-hybridized carbons (Fsp3) is 0.268. The molecule has 3 fully saturated rings. The minimum absolute atomic E-state index is 0.0365. The molecule has 121 heavy (non-hydrogen) atoms. The van der Waals surface area contributed by atoms with Gasteiger partial charge in [-0.1, -0.05) is 140 Å². The summed E-state index contributed by atoms with van der Waals surface area (Å²) in [5.74, 6) is 3.41. The second-order valence-corrected chi connectivity index (χ2v) is 33.8. The number of benzene rings is 6. The number of amides is 3. The van der Waals surface area contributed by atoms with Crippen LogP contribution in [0.5, 0.6) is 0 Å². The minimum Gasteiger partial charge on any atom is -0.444 e. The molecule has 0 radical (unpaired) electrons. The molecule has 0 saturated heterocycles. The van der Waals surface area contributed by atoms with E-state index in [4.69, 9.17) is 57.1 Å². The standard InChI is InChI=1S/C33H35N5O2.C32H32N6O2.C26H30N4O2.C6H6N2O/c1-32(2,3)40-31(39)37-33(18-8-19-33)24-13-15-25(16-14-24)38-28(26-11-7-20-35-29(26)34)21-23-12-17-27(36-30(23)38)22-9-5-4-6-10-22;1-31(2,3)40-30(39)37-32(18-8-19-32)22-12-14-23(15-13-22)38-28(24-11-7-20-34-27(24)33)36-26-17-16-25(35-29(26)38)21-9-5-4-6-10-21;1-25(2,3)32-24(31)30-26(16-7-17-26)19-10-12-20(13-11-19)28-23-21(27)14-15-22(29-23)18-8-5-4-6-9-18;7-6-5(4-9)2-1-3-8-6/h4-7,9-17,20,28H,8,18-19,21H2,1-3H3,(H2,34,35)(H,37,39);4-7,9-17,20H,8,18-19H2,1-3H3,(H2,33,34)(H,37,39);4-6,8-15H,7,16-17,27H2,1-3H3,(H,28,29)(H,30,31);1-4H,(H2,7,8). The molecule has 0 spiro atoms. The minimum atomic E-state index is -0.558. The average molecular weight is 1620 g/mol. The van der Waals surface area contributed by atoms with Crippen LogP contribution in [0.15, 0.2) is 255 Å². The first kappa shape index (κ1) is 83.5. The number of aromatic nitrogens is 8. The van der Waals surface area contributed by atoms with E-state index in [2.05, 4.69) is 102 Å². The van der Waals surface area contributed by atoms with Crippen LogP contribution in [0.3, 0.4) is 0 Å². The van der Waals surface area contributed by atoms with Gasteiger partial charge < -0.3 is 63.3 Å². The Morgan fingerprint density at radius 3 is 1.31 bits per heavy atom. The van der Waals surface area contributed by atoms with Gasteiger partial charge in [0.15, 0.2) is 23.6 Å². The zero-order valence-electron chi connectivity index (χ0n) is 69.7. The van der Waals surface area contributed by atoms with E-state index in [1.54, 1.807) is 30.7 Å². The van der Waals surface area contributed by atoms with Crippen molar-refractivity contribution in [2.45, 2.75) is 166 Å². The zero-order valence-corrected chi connectivity index (χ0v) is 69.7. The molecule has 3 saturated carbocycles. The summed E-state index contributed by atoms with van der Waals surface area (Å²) in [4.78, 5) is 82.3. The van der Waals surface area contributed by atoms with Crippen LogP contribution in [0.4, 0.5) is 60.5 Å². The Balaban J connectivity index is 0.000000142. The smallest absolute Gasteiger partial charge is 0.408 e. The maximum atomic E-state index is 12.7. The molecule has 1 aliphatic heterocycles. The van der Waals surface area contributed by atoms with Gasteiger partial charge >= 0.3 is 18.3 Å². The number of carbonyl (C=O) groups is 4. The number of ether oxygens (including phenoxy) is 3. The van der Waals surface area contributed by atoms with Crippen LogP contribution in [0, 0.1) is 0 Å². The largest absolute Gasteiger partial charge is 0.444 e. The second kappa shape index (κ2) is 35.3. The van der Waals surface area contributed by atoms with Crippen molar-refractivity contribution in [1.29, 1.82) is 0 Å². The first-order valence-electron chi connectivity index (χ1n) is 40.8. The number of nitrogens with two attached hydrogens (primary N) is 4. The van der Waals surface area contributed by atoms with Gasteiger partial charge in [0, 0.05) is 64.3 Å². The third kappa shape index (κ3) is 19.6. The summed E-state index contributed by atoms with van der Waals surface area (Å²) in [6, 6.07) is 78.1. The van der Waals surface area contributed by atoms with Crippen molar-refractivity contribution in [2.75, 3.05) is 33.2 Å². The lowest BCUT2D eigenvalue weighted by Gasteiger charge is -2.43. The van der Waals surface area contributed by atoms with Gasteiger partial charge in [0.2, 0.25) is 0 Å². The Morgan fingerprint density at radius 2 is 0.868 bits per heavy atom. The van der Waals surface area contributed by atoms with Gasteiger partial charge in [-0.05, 0) is 239 Å². The van der Waals surface area contributed by atoms with Crippen LogP contribution in [0.1, 0.15) is 164 Å². The normalized spacial score (nSPS) is 15.2. The van der Waals surface area contributed by atoms with Gasteiger partial charge in [0.05, 0.1) is 56.6 Å². The molecular formula is C97H103N17O7. The SMILES string of the molecule is CC(C)(C)OC(=O)NC1(c2ccc(-n3c(-c4cccnc4N)nc4ccc(-c5ccccc5)nc43)cc2)CCC1.CC(C)(C)OC(=O)NC1(c2ccc(N3c4nc(-c5ccccc5)ccc4CC3c3cccnc3N)cc2)CCC1.CC(C)(C)OC(=O)NC1(c2ccc(Nc3nc(-c4ccccc4)ccc3N)cc2)CCC1.Nc1ncccc1C=O. The van der Waals surface area contributed by atoms with E-state index in [-0.39, 0.29) is 29.6 Å². The molecule has 1 atom stereocenters. The lowest BCUT2D eigenvalue weighted by molar-refractivity contribution is 0.0365. The third-order valence-electron chi connectivity index (χ3n) is 21.8. The van der Waals surface area contributed by atoms with Crippen molar-refractivity contribution in [3.63, 3.8) is 0 Å². The van der Waals surface area contributed by atoms with Crippen molar-refractivity contribution < 1.29 is 33.4 Å². The van der Waals surface area contributed by atoms with Crippen molar-refractivity contribution in [2.24, 2.45) is 0 Å². The molecule has 3 amide bonds. The van der Waals surface area contributed by atoms with Crippen LogP contribution in [0.25, 0.3) is 62.0 Å². The topological polar surface area (TPSA) is 347 Å². The van der Waals surface area contributed by atoms with Crippen LogP contribution in [0.2, 0.25) is 0 Å². The fourth-order valence-electron chi connectivity index (χ4n) is 15.4. The van der Waals surface area contributed by atoms with Crippen LogP contribution in [-0.2, 0) is 37.2 Å². The van der Waals surface area contributed by atoms with E-state index in [9.17, 15) is 19.2 Å². The van der Waals surface area contributed by atoms with Crippen molar-refractivity contribution >= 4 is 81.9 Å². The van der Waals surface area contributed by atoms with E-state index >= 15 is 0 Å². The van der Waals surface area contributed by atoms with Gasteiger partial charge in [-0.25, -0.2) is 49.3 Å². The number of nitrogens with one attached hydrogen (secondary N) is 4. The number of alkyl carbamates (subject to hydrolysis) is 3. The average Bonchev–Trinajstić information content (AvgIpc) is 1.59. The van der Waals surface area contributed by atoms with E-state index in [1.165, 1.54) is 5.56 Å². The number of aldehydes is 1. The van der Waals surface area contributed by atoms with Crippen molar-refractivity contribution in [3.05, 3.63) is 289 Å². The molecule has 3 aliphatic carbocycles. The lowest BCUT2D eigenvalue weighted by atomic mass is 9.72. The molecule has 12 N–H and O–H groups in total. The molecule has 7 aromatic heterocycles. The fourth-order valence-corrected chi connectivity index (χ4v) is 15.4. The highest BCUT2D eigenvalue weighted by molar-refractivity contribution is 5.86. The number of rotatable bonds is 16. The summed E-state index contributed by atoms with van der Waals surface area (Å²) in [6.07, 6.45) is 13.7. The molecule has 13 aromatic rings. The van der Waals surface area contributed by atoms with Gasteiger partial charge in [-0.3, -0.25) is 9.36 Å². The molecule has 4 aliphatic rings. The van der Waals surface area contributed by atoms with Gasteiger partial charge in [-0.2, -0.15) is 0 Å². The summed E-state index contributed by atoms with van der Waals surface area (Å²) < 4.78 is 18.6. The highest BCUT2D eigenvalue weighted by Gasteiger charge is 2.45. The molecule has 24 heteroatoms. The molecule has 8 heterocycles. The van der Waals surface area contributed by atoms with Crippen molar-refractivity contribution in [3.8, 4) is 50.8 Å². The molecule has 6 aromatic carbocycles. The zero-order chi connectivity index (χ0) is 85.3. The number of anilines is 8. The van der Waals surface area contributed by atoms with Crippen LogP contribution < -0.4 is 49.1 Å². The number of nitrogen functional groups attached to an aromatic ring is 4. The number of pyridine rings is 6. The third-order valence-corrected chi connectivity index (χ3v) is 21.8. The monoisotopic (exact) mass is 1620 g/mol. The lowest BCUT2D eigenvalue weighted by Crippen LogP contribution is -2.52.